The zero-order valence-electron chi connectivity index (χ0n) is 17.2. The maximum atomic E-state index is 12.9. The lowest BCUT2D eigenvalue weighted by Crippen LogP contribution is -2.34. The smallest absolute Gasteiger partial charge is 0.268 e. The number of nitrogens with one attached hydrogen (secondary N) is 2. The fraction of sp³-hybridized carbons (Fsp3) is 0.0400. The van der Waals surface area contributed by atoms with Crippen molar-refractivity contribution in [3.63, 3.8) is 0 Å². The Balaban J connectivity index is 1.57. The van der Waals surface area contributed by atoms with Crippen LogP contribution in [-0.4, -0.2) is 11.8 Å². The van der Waals surface area contributed by atoms with Crippen molar-refractivity contribution in [2.24, 2.45) is 0 Å². The molecule has 0 spiro atoms. The number of hydrogen-bond acceptors (Lipinski definition) is 4. The van der Waals surface area contributed by atoms with Crippen LogP contribution in [0.1, 0.15) is 21.9 Å². The highest BCUT2D eigenvalue weighted by atomic mass is 35.5. The standard InChI is InChI=1S/C25H18Cl2N2O4/c26-18-7-3-16(4-8-18)23-12-11-20(33-23)14-22(25(31)28-15-21-2-1-13-32-21)29-24(30)17-5-9-19(27)10-6-17/h1-14H,15H2,(H,28,31)(H,29,30). The average molecular weight is 481 g/mol. The predicted molar refractivity (Wildman–Crippen MR) is 127 cm³/mol. The highest BCUT2D eigenvalue weighted by Gasteiger charge is 2.16. The number of halogens is 2. The molecule has 0 aliphatic heterocycles. The zero-order chi connectivity index (χ0) is 23.2. The van der Waals surface area contributed by atoms with Crippen LogP contribution in [0.25, 0.3) is 17.4 Å². The molecule has 0 bridgehead atoms. The number of carbonyl (C=O) groups excluding carboxylic acids is 2. The molecule has 0 atom stereocenters. The summed E-state index contributed by atoms with van der Waals surface area (Å²) in [7, 11) is 0. The van der Waals surface area contributed by atoms with E-state index in [1.807, 2.05) is 12.1 Å². The molecule has 6 nitrogen and oxygen atoms in total. The minimum absolute atomic E-state index is 0.0125. The first-order chi connectivity index (χ1) is 16.0. The van der Waals surface area contributed by atoms with E-state index in [1.54, 1.807) is 60.7 Å². The van der Waals surface area contributed by atoms with E-state index in [1.165, 1.54) is 12.3 Å². The molecule has 2 aromatic carbocycles. The van der Waals surface area contributed by atoms with Crippen LogP contribution in [-0.2, 0) is 11.3 Å². The maximum Gasteiger partial charge on any atom is 0.268 e. The van der Waals surface area contributed by atoms with Gasteiger partial charge in [-0.3, -0.25) is 9.59 Å². The van der Waals surface area contributed by atoms with Crippen molar-refractivity contribution in [1.29, 1.82) is 0 Å². The minimum Gasteiger partial charge on any atom is -0.467 e. The first-order valence-electron chi connectivity index (χ1n) is 9.93. The molecule has 33 heavy (non-hydrogen) atoms. The van der Waals surface area contributed by atoms with Gasteiger partial charge in [0, 0.05) is 27.2 Å². The van der Waals surface area contributed by atoms with Gasteiger partial charge in [-0.05, 0) is 72.8 Å². The molecule has 4 rings (SSSR count). The maximum absolute atomic E-state index is 12.9. The summed E-state index contributed by atoms with van der Waals surface area (Å²) in [5.74, 6) is 0.597. The Morgan fingerprint density at radius 2 is 1.58 bits per heavy atom. The summed E-state index contributed by atoms with van der Waals surface area (Å²) in [6.07, 6.45) is 2.98. The molecule has 2 amide bonds. The monoisotopic (exact) mass is 480 g/mol. The Bertz CT molecular complexity index is 1270. The van der Waals surface area contributed by atoms with Gasteiger partial charge in [0.25, 0.3) is 11.8 Å². The third kappa shape index (κ3) is 5.94. The van der Waals surface area contributed by atoms with Crippen LogP contribution in [0.3, 0.4) is 0 Å². The van der Waals surface area contributed by atoms with Crippen LogP contribution in [0, 0.1) is 0 Å². The van der Waals surface area contributed by atoms with Crippen LogP contribution in [0.4, 0.5) is 0 Å². The molecule has 0 aliphatic carbocycles. The zero-order valence-corrected chi connectivity index (χ0v) is 18.7. The van der Waals surface area contributed by atoms with Gasteiger partial charge in [-0.1, -0.05) is 23.2 Å². The first kappa shape index (κ1) is 22.5. The molecule has 0 aliphatic rings. The van der Waals surface area contributed by atoms with E-state index < -0.39 is 11.8 Å². The van der Waals surface area contributed by atoms with Gasteiger partial charge in [-0.15, -0.1) is 0 Å². The van der Waals surface area contributed by atoms with Crippen LogP contribution < -0.4 is 10.6 Å². The summed E-state index contributed by atoms with van der Waals surface area (Å²) in [4.78, 5) is 25.6. The van der Waals surface area contributed by atoms with E-state index >= 15 is 0 Å². The van der Waals surface area contributed by atoms with Gasteiger partial charge in [0.1, 0.15) is 23.0 Å². The molecule has 0 radical (unpaired) electrons. The number of carbonyl (C=O) groups is 2. The van der Waals surface area contributed by atoms with Crippen LogP contribution >= 0.6 is 23.2 Å². The van der Waals surface area contributed by atoms with E-state index in [4.69, 9.17) is 32.0 Å². The van der Waals surface area contributed by atoms with Crippen molar-refractivity contribution in [3.8, 4) is 11.3 Å². The highest BCUT2D eigenvalue weighted by Crippen LogP contribution is 2.25. The summed E-state index contributed by atoms with van der Waals surface area (Å²) in [6, 6.07) is 20.5. The van der Waals surface area contributed by atoms with Gasteiger partial charge in [-0.2, -0.15) is 0 Å². The Kier molecular flexibility index (Phi) is 6.98. The minimum atomic E-state index is -0.502. The summed E-state index contributed by atoms with van der Waals surface area (Å²) < 4.78 is 11.1. The molecule has 0 unspecified atom stereocenters. The lowest BCUT2D eigenvalue weighted by atomic mass is 10.2. The molecular formula is C25H18Cl2N2O4. The molecule has 2 N–H and O–H groups in total. The van der Waals surface area contributed by atoms with Gasteiger partial charge in [-0.25, -0.2) is 0 Å². The molecule has 0 saturated heterocycles. The van der Waals surface area contributed by atoms with E-state index in [2.05, 4.69) is 10.6 Å². The van der Waals surface area contributed by atoms with E-state index in [0.29, 0.717) is 32.9 Å². The summed E-state index contributed by atoms with van der Waals surface area (Å²) >= 11 is 11.8. The van der Waals surface area contributed by atoms with Gasteiger partial charge < -0.3 is 19.5 Å². The quantitative estimate of drug-likeness (QED) is 0.321. The topological polar surface area (TPSA) is 84.5 Å². The Morgan fingerprint density at radius 1 is 0.879 bits per heavy atom. The summed E-state index contributed by atoms with van der Waals surface area (Å²) in [5, 5.41) is 6.49. The Labute approximate surface area is 199 Å². The molecular weight excluding hydrogens is 463 g/mol. The highest BCUT2D eigenvalue weighted by molar-refractivity contribution is 6.31. The van der Waals surface area contributed by atoms with Crippen LogP contribution in [0.15, 0.2) is 93.6 Å². The van der Waals surface area contributed by atoms with Crippen molar-refractivity contribution < 1.29 is 18.4 Å². The normalized spacial score (nSPS) is 11.3. The first-order valence-corrected chi connectivity index (χ1v) is 10.7. The van der Waals surface area contributed by atoms with Gasteiger partial charge in [0.2, 0.25) is 0 Å². The molecule has 2 heterocycles. The third-order valence-electron chi connectivity index (χ3n) is 4.64. The molecule has 166 valence electrons. The second-order valence-electron chi connectivity index (χ2n) is 6.99. The Morgan fingerprint density at radius 3 is 2.24 bits per heavy atom. The molecule has 2 aromatic heterocycles. The van der Waals surface area contributed by atoms with E-state index in [0.717, 1.165) is 5.56 Å². The predicted octanol–water partition coefficient (Wildman–Crippen LogP) is 5.93. The van der Waals surface area contributed by atoms with Crippen molar-refractivity contribution in [1.82, 2.24) is 10.6 Å². The second kappa shape index (κ2) is 10.3. The van der Waals surface area contributed by atoms with Gasteiger partial charge in [0.15, 0.2) is 0 Å². The van der Waals surface area contributed by atoms with Crippen molar-refractivity contribution in [2.75, 3.05) is 0 Å². The van der Waals surface area contributed by atoms with Crippen LogP contribution in [0.5, 0.6) is 0 Å². The number of benzene rings is 2. The largest absolute Gasteiger partial charge is 0.467 e. The Hall–Kier alpha value is -3.74. The lowest BCUT2D eigenvalue weighted by Gasteiger charge is -2.10. The molecule has 0 fully saturated rings. The van der Waals surface area contributed by atoms with Gasteiger partial charge in [0.05, 0.1) is 12.8 Å². The van der Waals surface area contributed by atoms with Gasteiger partial charge >= 0.3 is 0 Å². The number of furan rings is 2. The number of rotatable bonds is 7. The number of hydrogen-bond donors (Lipinski definition) is 2. The molecule has 0 saturated carbocycles. The van der Waals surface area contributed by atoms with E-state index in [9.17, 15) is 9.59 Å². The summed E-state index contributed by atoms with van der Waals surface area (Å²) in [5.41, 5.74) is 1.19. The van der Waals surface area contributed by atoms with Crippen LogP contribution in [0.2, 0.25) is 10.0 Å². The SMILES string of the molecule is O=C(NCc1ccco1)C(=Cc1ccc(-c2ccc(Cl)cc2)o1)NC(=O)c1ccc(Cl)cc1. The van der Waals surface area contributed by atoms with Crippen molar-refractivity contribution in [2.45, 2.75) is 6.54 Å². The van der Waals surface area contributed by atoms with Crippen molar-refractivity contribution >= 4 is 41.1 Å². The second-order valence-corrected chi connectivity index (χ2v) is 7.86. The molecule has 4 aromatic rings. The molecule has 8 heteroatoms. The van der Waals surface area contributed by atoms with E-state index in [-0.39, 0.29) is 12.2 Å². The lowest BCUT2D eigenvalue weighted by molar-refractivity contribution is -0.118. The number of amides is 2. The third-order valence-corrected chi connectivity index (χ3v) is 5.15. The average Bonchev–Trinajstić information content (AvgIpc) is 3.50. The fourth-order valence-corrected chi connectivity index (χ4v) is 3.22. The fourth-order valence-electron chi connectivity index (χ4n) is 2.97. The van der Waals surface area contributed by atoms with Crippen molar-refractivity contribution in [3.05, 3.63) is 112 Å². The summed E-state index contributed by atoms with van der Waals surface area (Å²) in [6.45, 7) is 0.161.